The molecule has 0 radical (unpaired) electrons. The minimum Gasteiger partial charge on any atom is -0.497 e. The van der Waals surface area contributed by atoms with Gasteiger partial charge >= 0.3 is 0 Å². The second-order valence-corrected chi connectivity index (χ2v) is 6.80. The molecular formula is C20H29N5O3. The van der Waals surface area contributed by atoms with E-state index in [0.717, 1.165) is 55.0 Å². The highest BCUT2D eigenvalue weighted by atomic mass is 16.5. The molecule has 8 heteroatoms. The average molecular weight is 387 g/mol. The molecule has 1 aromatic heterocycles. The first-order valence-electron chi connectivity index (χ1n) is 9.49. The highest BCUT2D eigenvalue weighted by Gasteiger charge is 2.28. The summed E-state index contributed by atoms with van der Waals surface area (Å²) in [6.45, 7) is 3.37. The van der Waals surface area contributed by atoms with Gasteiger partial charge in [-0.05, 0) is 30.2 Å². The van der Waals surface area contributed by atoms with Gasteiger partial charge in [0.25, 0.3) is 0 Å². The molecule has 1 saturated heterocycles. The van der Waals surface area contributed by atoms with E-state index in [1.54, 1.807) is 20.4 Å². The molecule has 0 bridgehead atoms. The monoisotopic (exact) mass is 387 g/mol. The second kappa shape index (κ2) is 9.57. The lowest BCUT2D eigenvalue weighted by atomic mass is 10.1. The Labute approximate surface area is 166 Å². The van der Waals surface area contributed by atoms with Crippen molar-refractivity contribution in [3.8, 4) is 11.5 Å². The van der Waals surface area contributed by atoms with Gasteiger partial charge in [0.05, 0.1) is 14.2 Å². The van der Waals surface area contributed by atoms with Crippen LogP contribution >= 0.6 is 0 Å². The normalized spacial score (nSPS) is 17.4. The Bertz CT molecular complexity index is 751. The molecule has 1 aliphatic heterocycles. The van der Waals surface area contributed by atoms with E-state index in [-0.39, 0.29) is 12.6 Å². The van der Waals surface area contributed by atoms with E-state index in [4.69, 9.17) is 9.47 Å². The summed E-state index contributed by atoms with van der Waals surface area (Å²) in [6, 6.07) is 7.99. The van der Waals surface area contributed by atoms with Crippen LogP contribution in [0.4, 0.5) is 11.8 Å². The summed E-state index contributed by atoms with van der Waals surface area (Å²) in [4.78, 5) is 13.6. The van der Waals surface area contributed by atoms with E-state index in [9.17, 15) is 5.11 Å². The van der Waals surface area contributed by atoms with Crippen LogP contribution in [0.3, 0.4) is 0 Å². The summed E-state index contributed by atoms with van der Waals surface area (Å²) in [5.74, 6) is 3.08. The van der Waals surface area contributed by atoms with Gasteiger partial charge in [-0.15, -0.1) is 0 Å². The Morgan fingerprint density at radius 2 is 1.93 bits per heavy atom. The van der Waals surface area contributed by atoms with Crippen molar-refractivity contribution in [2.75, 3.05) is 57.7 Å². The summed E-state index contributed by atoms with van der Waals surface area (Å²) in [5, 5.41) is 12.6. The zero-order valence-electron chi connectivity index (χ0n) is 16.8. The molecule has 8 nitrogen and oxygen atoms in total. The molecule has 152 valence electrons. The number of aromatic nitrogens is 2. The van der Waals surface area contributed by atoms with Crippen molar-refractivity contribution < 1.29 is 14.6 Å². The van der Waals surface area contributed by atoms with Crippen LogP contribution in [0.1, 0.15) is 12.0 Å². The lowest BCUT2D eigenvalue weighted by molar-refractivity contribution is 0.134. The summed E-state index contributed by atoms with van der Waals surface area (Å²) < 4.78 is 10.8. The Morgan fingerprint density at radius 3 is 2.57 bits per heavy atom. The first kappa shape index (κ1) is 20.2. The summed E-state index contributed by atoms with van der Waals surface area (Å²) in [6.07, 6.45) is 2.47. The molecule has 1 fully saturated rings. The number of aliphatic hydroxyl groups excluding tert-OH is 1. The molecule has 1 aliphatic rings. The lowest BCUT2D eigenvalue weighted by Gasteiger charge is -2.41. The van der Waals surface area contributed by atoms with Crippen LogP contribution in [0.25, 0.3) is 0 Å². The molecule has 0 spiro atoms. The van der Waals surface area contributed by atoms with Gasteiger partial charge in [-0.25, -0.2) is 4.98 Å². The lowest BCUT2D eigenvalue weighted by Crippen LogP contribution is -2.53. The van der Waals surface area contributed by atoms with Crippen molar-refractivity contribution in [3.63, 3.8) is 0 Å². The average Bonchev–Trinajstić information content (AvgIpc) is 2.74. The zero-order chi connectivity index (χ0) is 19.9. The number of nitrogens with zero attached hydrogens (tertiary/aromatic N) is 4. The topological polar surface area (TPSA) is 83.0 Å². The van der Waals surface area contributed by atoms with Crippen LogP contribution in [0.15, 0.2) is 30.5 Å². The molecule has 1 aromatic carbocycles. The summed E-state index contributed by atoms with van der Waals surface area (Å²) in [5.41, 5.74) is 1.13. The van der Waals surface area contributed by atoms with E-state index in [1.165, 1.54) is 0 Å². The van der Waals surface area contributed by atoms with Crippen LogP contribution in [-0.2, 0) is 6.54 Å². The predicted octanol–water partition coefficient (Wildman–Crippen LogP) is 1.61. The van der Waals surface area contributed by atoms with Crippen LogP contribution in [0.5, 0.6) is 11.5 Å². The third kappa shape index (κ3) is 4.82. The first-order chi connectivity index (χ1) is 13.7. The number of methoxy groups -OCH3 is 2. The fourth-order valence-electron chi connectivity index (χ4n) is 3.54. The smallest absolute Gasteiger partial charge is 0.227 e. The standard InChI is InChI=1S/C20H29N5O3/c1-21-19-4-6-22-20(23-19)25-8-7-24(16(14-25)5-9-26)13-15-10-17(27-2)12-18(11-15)28-3/h4,6,10-12,16,26H,5,7-9,13-14H2,1-3H3,(H,21,22,23)/t16-/m0/s1. The molecule has 0 aliphatic carbocycles. The minimum absolute atomic E-state index is 0.147. The maximum absolute atomic E-state index is 9.58. The summed E-state index contributed by atoms with van der Waals surface area (Å²) in [7, 11) is 5.16. The van der Waals surface area contributed by atoms with Crippen LogP contribution < -0.4 is 19.7 Å². The van der Waals surface area contributed by atoms with E-state index < -0.39 is 0 Å². The molecule has 2 N–H and O–H groups in total. The minimum atomic E-state index is 0.147. The SMILES string of the molecule is CNc1ccnc(N2CCN(Cc3cc(OC)cc(OC)c3)[C@@H](CCO)C2)n1. The van der Waals surface area contributed by atoms with Crippen molar-refractivity contribution in [3.05, 3.63) is 36.0 Å². The molecule has 3 rings (SSSR count). The van der Waals surface area contributed by atoms with Crippen molar-refractivity contribution >= 4 is 11.8 Å². The molecular weight excluding hydrogens is 358 g/mol. The highest BCUT2D eigenvalue weighted by molar-refractivity contribution is 5.41. The number of nitrogens with one attached hydrogen (secondary N) is 1. The molecule has 28 heavy (non-hydrogen) atoms. The molecule has 0 saturated carbocycles. The number of hydrogen-bond acceptors (Lipinski definition) is 8. The number of hydrogen-bond donors (Lipinski definition) is 2. The predicted molar refractivity (Wildman–Crippen MR) is 109 cm³/mol. The number of benzene rings is 1. The largest absolute Gasteiger partial charge is 0.497 e. The van der Waals surface area contributed by atoms with Gasteiger partial charge in [-0.1, -0.05) is 0 Å². The van der Waals surface area contributed by atoms with E-state index in [2.05, 4.69) is 25.1 Å². The van der Waals surface area contributed by atoms with Crippen molar-refractivity contribution in [1.29, 1.82) is 0 Å². The fraction of sp³-hybridized carbons (Fsp3) is 0.500. The van der Waals surface area contributed by atoms with E-state index in [1.807, 2.05) is 31.3 Å². The third-order valence-corrected chi connectivity index (χ3v) is 5.05. The number of ether oxygens (including phenoxy) is 2. The number of piperazine rings is 1. The molecule has 0 amide bonds. The Kier molecular flexibility index (Phi) is 6.89. The van der Waals surface area contributed by atoms with E-state index >= 15 is 0 Å². The van der Waals surface area contributed by atoms with E-state index in [0.29, 0.717) is 6.42 Å². The van der Waals surface area contributed by atoms with Crippen molar-refractivity contribution in [2.24, 2.45) is 0 Å². The van der Waals surface area contributed by atoms with Gasteiger partial charge in [0, 0.05) is 58.1 Å². The number of anilines is 2. The maximum atomic E-state index is 9.58. The Hall–Kier alpha value is -2.58. The Morgan fingerprint density at radius 1 is 1.18 bits per heavy atom. The van der Waals surface area contributed by atoms with Gasteiger partial charge in [-0.2, -0.15) is 4.98 Å². The van der Waals surface area contributed by atoms with Crippen LogP contribution in [-0.4, -0.2) is 73.5 Å². The van der Waals surface area contributed by atoms with Crippen molar-refractivity contribution in [2.45, 2.75) is 19.0 Å². The number of rotatable bonds is 8. The fourth-order valence-corrected chi connectivity index (χ4v) is 3.54. The summed E-state index contributed by atoms with van der Waals surface area (Å²) >= 11 is 0. The molecule has 1 atom stereocenters. The van der Waals surface area contributed by atoms with Gasteiger partial charge in [0.2, 0.25) is 5.95 Å². The van der Waals surface area contributed by atoms with Gasteiger partial charge in [0.15, 0.2) is 0 Å². The maximum Gasteiger partial charge on any atom is 0.227 e. The second-order valence-electron chi connectivity index (χ2n) is 6.80. The van der Waals surface area contributed by atoms with Gasteiger partial charge in [-0.3, -0.25) is 4.90 Å². The number of aliphatic hydroxyl groups is 1. The van der Waals surface area contributed by atoms with Gasteiger partial charge in [0.1, 0.15) is 17.3 Å². The third-order valence-electron chi connectivity index (χ3n) is 5.05. The van der Waals surface area contributed by atoms with Crippen LogP contribution in [0, 0.1) is 0 Å². The molecule has 0 unspecified atom stereocenters. The van der Waals surface area contributed by atoms with Crippen molar-refractivity contribution in [1.82, 2.24) is 14.9 Å². The van der Waals surface area contributed by atoms with Crippen LogP contribution in [0.2, 0.25) is 0 Å². The van der Waals surface area contributed by atoms with Gasteiger partial charge < -0.3 is 24.8 Å². The highest BCUT2D eigenvalue weighted by Crippen LogP contribution is 2.26. The zero-order valence-corrected chi connectivity index (χ0v) is 16.8. The first-order valence-corrected chi connectivity index (χ1v) is 9.49. The molecule has 2 aromatic rings. The molecule has 2 heterocycles. The Balaban J connectivity index is 1.74. The quantitative estimate of drug-likeness (QED) is 0.707.